The van der Waals surface area contributed by atoms with Gasteiger partial charge in [-0.25, -0.2) is 9.59 Å². The van der Waals surface area contributed by atoms with E-state index >= 15 is 0 Å². The number of esters is 2. The number of terminal acetylenes is 1. The van der Waals surface area contributed by atoms with E-state index < -0.39 is 17.9 Å². The van der Waals surface area contributed by atoms with Gasteiger partial charge in [0.2, 0.25) is 5.43 Å². The van der Waals surface area contributed by atoms with Gasteiger partial charge in [-0.15, -0.1) is 6.42 Å². The Morgan fingerprint density at radius 1 is 1.09 bits per heavy atom. The van der Waals surface area contributed by atoms with Crippen molar-refractivity contribution in [1.29, 1.82) is 0 Å². The molecule has 0 spiro atoms. The third kappa shape index (κ3) is 3.77. The van der Waals surface area contributed by atoms with Crippen LogP contribution in [0.4, 0.5) is 0 Å². The highest BCUT2D eigenvalue weighted by Gasteiger charge is 2.40. The Balaban J connectivity index is 2.04. The first-order chi connectivity index (χ1) is 16.4. The van der Waals surface area contributed by atoms with E-state index in [9.17, 15) is 14.4 Å². The minimum atomic E-state index is -1.03. The van der Waals surface area contributed by atoms with Crippen LogP contribution in [0.2, 0.25) is 0 Å². The van der Waals surface area contributed by atoms with Crippen LogP contribution in [-0.2, 0) is 19.1 Å². The summed E-state index contributed by atoms with van der Waals surface area (Å²) in [6.45, 7) is 3.16. The quantitative estimate of drug-likeness (QED) is 0.340. The lowest BCUT2D eigenvalue weighted by Gasteiger charge is -2.30. The highest BCUT2D eigenvalue weighted by atomic mass is 16.5. The topological polar surface area (TPSA) is 121 Å². The van der Waals surface area contributed by atoms with E-state index in [1.807, 2.05) is 0 Å². The second-order valence-electron chi connectivity index (χ2n) is 7.58. The smallest absolute Gasteiger partial charge is 0.339 e. The molecule has 3 aromatic rings. The van der Waals surface area contributed by atoms with Crippen molar-refractivity contribution in [1.82, 2.24) is 5.32 Å². The van der Waals surface area contributed by atoms with Gasteiger partial charge >= 0.3 is 11.9 Å². The normalized spacial score (nSPS) is 15.7. The molecule has 0 radical (unpaired) electrons. The van der Waals surface area contributed by atoms with E-state index in [1.54, 1.807) is 56.3 Å². The molecule has 0 amide bonds. The van der Waals surface area contributed by atoms with Gasteiger partial charge in [0.15, 0.2) is 6.61 Å². The molecule has 0 bridgehead atoms. The van der Waals surface area contributed by atoms with Crippen molar-refractivity contribution in [2.45, 2.75) is 19.8 Å². The van der Waals surface area contributed by atoms with Crippen LogP contribution >= 0.6 is 0 Å². The van der Waals surface area contributed by atoms with Crippen molar-refractivity contribution in [2.75, 3.05) is 13.2 Å². The molecule has 0 saturated carbocycles. The minimum Gasteiger partial charge on any atom is -0.463 e. The molecule has 2 aromatic carbocycles. The molecule has 4 rings (SSSR count). The van der Waals surface area contributed by atoms with E-state index in [1.165, 1.54) is 0 Å². The average molecular weight is 458 g/mol. The number of nitrogens with one attached hydrogen (secondary N) is 1. The van der Waals surface area contributed by atoms with Gasteiger partial charge in [0.1, 0.15) is 17.0 Å². The minimum absolute atomic E-state index is 0.00212. The molecule has 1 aliphatic rings. The van der Waals surface area contributed by atoms with Gasteiger partial charge < -0.3 is 24.9 Å². The van der Waals surface area contributed by atoms with Crippen molar-refractivity contribution < 1.29 is 23.5 Å². The van der Waals surface area contributed by atoms with Crippen LogP contribution in [0.25, 0.3) is 21.9 Å². The molecule has 8 heteroatoms. The number of hydrogen-bond acceptors (Lipinski definition) is 8. The van der Waals surface area contributed by atoms with Crippen molar-refractivity contribution in [3.63, 3.8) is 0 Å². The lowest BCUT2D eigenvalue weighted by atomic mass is 9.80. The van der Waals surface area contributed by atoms with E-state index in [-0.39, 0.29) is 41.2 Å². The van der Waals surface area contributed by atoms with Crippen LogP contribution in [0.15, 0.2) is 74.3 Å². The monoisotopic (exact) mass is 458 g/mol. The first kappa shape index (κ1) is 22.7. The molecular formula is C26H22N2O6. The molecular weight excluding hydrogens is 436 g/mol. The molecule has 0 saturated heterocycles. The van der Waals surface area contributed by atoms with Crippen LogP contribution in [0.3, 0.4) is 0 Å². The lowest BCUT2D eigenvalue weighted by molar-refractivity contribution is -0.139. The molecule has 2 heterocycles. The summed E-state index contributed by atoms with van der Waals surface area (Å²) >= 11 is 0. The van der Waals surface area contributed by atoms with Crippen LogP contribution in [0.5, 0.6) is 0 Å². The van der Waals surface area contributed by atoms with Gasteiger partial charge in [-0.1, -0.05) is 30.2 Å². The number of hydrogen-bond donors (Lipinski definition) is 2. The zero-order valence-electron chi connectivity index (χ0n) is 18.6. The van der Waals surface area contributed by atoms with Crippen molar-refractivity contribution in [3.8, 4) is 12.3 Å². The Bertz CT molecular complexity index is 1490. The maximum absolute atomic E-state index is 13.2. The Morgan fingerprint density at radius 2 is 1.79 bits per heavy atom. The van der Waals surface area contributed by atoms with Gasteiger partial charge in [0, 0.05) is 11.3 Å². The molecule has 1 atom stereocenters. The van der Waals surface area contributed by atoms with Crippen LogP contribution in [-0.4, -0.2) is 25.2 Å². The Hall–Kier alpha value is -4.51. The Labute approximate surface area is 195 Å². The first-order valence-electron chi connectivity index (χ1n) is 10.6. The summed E-state index contributed by atoms with van der Waals surface area (Å²) in [5.74, 6) is -0.243. The Kier molecular flexibility index (Phi) is 6.11. The summed E-state index contributed by atoms with van der Waals surface area (Å²) in [6.07, 6.45) is 5.24. The number of carbonyl (C=O) groups excluding carboxylic acids is 2. The van der Waals surface area contributed by atoms with Crippen LogP contribution in [0.1, 0.15) is 25.3 Å². The van der Waals surface area contributed by atoms with Crippen LogP contribution < -0.4 is 16.5 Å². The van der Waals surface area contributed by atoms with E-state index in [0.29, 0.717) is 27.6 Å². The predicted octanol–water partition coefficient (Wildman–Crippen LogP) is 2.82. The summed E-state index contributed by atoms with van der Waals surface area (Å²) in [6, 6.07) is 11.8. The van der Waals surface area contributed by atoms with Crippen molar-refractivity contribution in [2.24, 2.45) is 5.73 Å². The van der Waals surface area contributed by atoms with E-state index in [2.05, 4.69) is 11.2 Å². The highest BCUT2D eigenvalue weighted by molar-refractivity contribution is 6.02. The first-order valence-corrected chi connectivity index (χ1v) is 10.6. The number of ether oxygens (including phenoxy) is 2. The summed E-state index contributed by atoms with van der Waals surface area (Å²) in [5.41, 5.74) is 7.46. The highest BCUT2D eigenvalue weighted by Crippen LogP contribution is 2.41. The van der Waals surface area contributed by atoms with Gasteiger partial charge in [-0.05, 0) is 32.0 Å². The third-order valence-corrected chi connectivity index (χ3v) is 5.54. The SMILES string of the molecule is C#CCOC(=O)C1=C(N)NC(C)=C(C(=O)OCC)C1c1cccc2c(=O)c3ccccc3oc12. The number of rotatable bonds is 5. The number of carbonyl (C=O) groups is 2. The molecule has 34 heavy (non-hydrogen) atoms. The largest absolute Gasteiger partial charge is 0.463 e. The second-order valence-corrected chi connectivity index (χ2v) is 7.58. The fraction of sp³-hybridized carbons (Fsp3) is 0.192. The van der Waals surface area contributed by atoms with Crippen LogP contribution in [0, 0.1) is 12.3 Å². The number of dihydropyridines is 1. The summed E-state index contributed by atoms with van der Waals surface area (Å²) in [4.78, 5) is 39.3. The zero-order chi connectivity index (χ0) is 24.4. The fourth-order valence-electron chi connectivity index (χ4n) is 4.13. The fourth-order valence-corrected chi connectivity index (χ4v) is 4.13. The van der Waals surface area contributed by atoms with Gasteiger partial charge in [0.05, 0.1) is 34.4 Å². The lowest BCUT2D eigenvalue weighted by Crippen LogP contribution is -2.36. The molecule has 0 aliphatic carbocycles. The number of allylic oxidation sites excluding steroid dienone is 1. The predicted molar refractivity (Wildman–Crippen MR) is 126 cm³/mol. The molecule has 172 valence electrons. The molecule has 3 N–H and O–H groups in total. The summed E-state index contributed by atoms with van der Waals surface area (Å²) in [5, 5.41) is 3.57. The standard InChI is InChI=1S/C26H22N2O6/c1-4-13-33-26(31)21-20(19(25(30)32-5-2)14(3)28-24(21)27)16-10-8-11-17-22(29)15-9-6-7-12-18(15)34-23(16)17/h1,6-12,20,28H,5,13,27H2,2-3H3. The molecule has 1 unspecified atom stereocenters. The third-order valence-electron chi connectivity index (χ3n) is 5.54. The maximum Gasteiger partial charge on any atom is 0.339 e. The van der Waals surface area contributed by atoms with Gasteiger partial charge in [0.25, 0.3) is 0 Å². The summed E-state index contributed by atoms with van der Waals surface area (Å²) in [7, 11) is 0. The Morgan fingerprint density at radius 3 is 2.53 bits per heavy atom. The number of fused-ring (bicyclic) bond motifs is 2. The van der Waals surface area contributed by atoms with Crippen molar-refractivity contribution in [3.05, 3.63) is 80.9 Å². The van der Waals surface area contributed by atoms with Gasteiger partial charge in [-0.2, -0.15) is 0 Å². The van der Waals surface area contributed by atoms with E-state index in [0.717, 1.165) is 0 Å². The zero-order valence-corrected chi connectivity index (χ0v) is 18.6. The van der Waals surface area contributed by atoms with Crippen molar-refractivity contribution >= 4 is 33.9 Å². The number of benzene rings is 2. The van der Waals surface area contributed by atoms with E-state index in [4.69, 9.17) is 26.0 Å². The molecule has 0 fully saturated rings. The molecule has 1 aliphatic heterocycles. The second kappa shape index (κ2) is 9.16. The average Bonchev–Trinajstić information content (AvgIpc) is 2.82. The summed E-state index contributed by atoms with van der Waals surface area (Å²) < 4.78 is 16.6. The number of nitrogens with two attached hydrogens (primary N) is 1. The molecule has 1 aromatic heterocycles. The number of para-hydroxylation sites is 2. The maximum atomic E-state index is 13.2. The van der Waals surface area contributed by atoms with Gasteiger partial charge in [-0.3, -0.25) is 4.79 Å². The molecule has 8 nitrogen and oxygen atoms in total.